The zero-order valence-electron chi connectivity index (χ0n) is 12.7. The van der Waals surface area contributed by atoms with E-state index in [9.17, 15) is 19.7 Å². The van der Waals surface area contributed by atoms with E-state index in [1.807, 2.05) is 0 Å². The van der Waals surface area contributed by atoms with E-state index in [1.165, 1.54) is 12.1 Å². The summed E-state index contributed by atoms with van der Waals surface area (Å²) in [6, 6.07) is 11.2. The molecule has 8 heteroatoms. The molecule has 0 saturated carbocycles. The zero-order chi connectivity index (χ0) is 17.6. The molecule has 2 aromatic rings. The van der Waals surface area contributed by atoms with Crippen molar-refractivity contribution in [2.45, 2.75) is 6.42 Å². The van der Waals surface area contributed by atoms with Crippen LogP contribution in [-0.2, 0) is 16.0 Å². The number of fused-ring (bicyclic) bond motifs is 2. The SMILES string of the molecule is O=C1Cc2ccc([N+](=O)[O-])cc2/C1=N/N=C1\C(=O)Nc2ccccc21. The molecule has 1 aliphatic heterocycles. The van der Waals surface area contributed by atoms with E-state index in [-0.39, 0.29) is 29.3 Å². The van der Waals surface area contributed by atoms with E-state index in [0.29, 0.717) is 22.4 Å². The summed E-state index contributed by atoms with van der Waals surface area (Å²) in [7, 11) is 0. The highest BCUT2D eigenvalue weighted by Crippen LogP contribution is 2.26. The standard InChI is InChI=1S/C17H10N4O4/c22-14-7-9-5-6-10(21(24)25)8-12(9)15(14)19-20-16-11-3-1-2-4-13(11)18-17(16)23/h1-6,8H,7H2,(H,18,20,23)/b19-15-. The molecule has 0 aromatic heterocycles. The van der Waals surface area contributed by atoms with Gasteiger partial charge in [-0.15, -0.1) is 10.2 Å². The van der Waals surface area contributed by atoms with Crippen LogP contribution in [0.5, 0.6) is 0 Å². The second-order valence-corrected chi connectivity index (χ2v) is 5.60. The Labute approximate surface area is 141 Å². The number of nitro benzene ring substituents is 1. The largest absolute Gasteiger partial charge is 0.320 e. The Morgan fingerprint density at radius 3 is 2.56 bits per heavy atom. The number of anilines is 1. The van der Waals surface area contributed by atoms with E-state index in [4.69, 9.17) is 0 Å². The lowest BCUT2D eigenvalue weighted by atomic mass is 10.1. The number of hydrogen-bond acceptors (Lipinski definition) is 6. The Balaban J connectivity index is 1.79. The first-order valence-electron chi connectivity index (χ1n) is 7.42. The first kappa shape index (κ1) is 14.9. The highest BCUT2D eigenvalue weighted by atomic mass is 16.6. The van der Waals surface area contributed by atoms with Gasteiger partial charge in [0.05, 0.1) is 10.6 Å². The summed E-state index contributed by atoms with van der Waals surface area (Å²) in [5, 5.41) is 21.5. The fraction of sp³-hybridized carbons (Fsp3) is 0.0588. The maximum Gasteiger partial charge on any atom is 0.276 e. The van der Waals surface area contributed by atoms with Crippen LogP contribution in [0.3, 0.4) is 0 Å². The predicted molar refractivity (Wildman–Crippen MR) is 90.0 cm³/mol. The summed E-state index contributed by atoms with van der Waals surface area (Å²) in [4.78, 5) is 34.6. The molecule has 1 N–H and O–H groups in total. The molecule has 0 spiro atoms. The number of nitrogens with one attached hydrogen (secondary N) is 1. The molecular weight excluding hydrogens is 324 g/mol. The lowest BCUT2D eigenvalue weighted by molar-refractivity contribution is -0.384. The Hall–Kier alpha value is -3.68. The van der Waals surface area contributed by atoms with Gasteiger partial charge in [0, 0.05) is 29.7 Å². The highest BCUT2D eigenvalue weighted by molar-refractivity contribution is 6.54. The Morgan fingerprint density at radius 2 is 1.76 bits per heavy atom. The number of benzene rings is 2. The lowest BCUT2D eigenvalue weighted by Gasteiger charge is -1.98. The van der Waals surface area contributed by atoms with Crippen molar-refractivity contribution in [2.24, 2.45) is 10.2 Å². The van der Waals surface area contributed by atoms with Crippen LogP contribution in [0.25, 0.3) is 0 Å². The molecule has 0 bridgehead atoms. The minimum absolute atomic E-state index is 0.0309. The van der Waals surface area contributed by atoms with Crippen LogP contribution < -0.4 is 5.32 Å². The van der Waals surface area contributed by atoms with Gasteiger partial charge < -0.3 is 5.32 Å². The van der Waals surface area contributed by atoms with Crippen LogP contribution in [0.4, 0.5) is 11.4 Å². The van der Waals surface area contributed by atoms with Gasteiger partial charge in [-0.3, -0.25) is 19.7 Å². The van der Waals surface area contributed by atoms with Gasteiger partial charge in [0.15, 0.2) is 11.5 Å². The third kappa shape index (κ3) is 2.40. The third-order valence-electron chi connectivity index (χ3n) is 4.07. The van der Waals surface area contributed by atoms with E-state index >= 15 is 0 Å². The van der Waals surface area contributed by atoms with Gasteiger partial charge in [-0.1, -0.05) is 24.3 Å². The number of Topliss-reactive ketones (excluding diaryl/α,β-unsaturated/α-hetero) is 1. The first-order valence-corrected chi connectivity index (χ1v) is 7.42. The van der Waals surface area contributed by atoms with Gasteiger partial charge in [-0.2, -0.15) is 0 Å². The molecule has 0 fully saturated rings. The van der Waals surface area contributed by atoms with E-state index in [0.717, 1.165) is 0 Å². The molecule has 0 saturated heterocycles. The molecule has 1 aliphatic carbocycles. The highest BCUT2D eigenvalue weighted by Gasteiger charge is 2.30. The number of carbonyl (C=O) groups is 2. The molecule has 8 nitrogen and oxygen atoms in total. The minimum atomic E-state index is -0.534. The number of ketones is 1. The van der Waals surface area contributed by atoms with Crippen LogP contribution in [0.2, 0.25) is 0 Å². The van der Waals surface area contributed by atoms with Crippen LogP contribution in [0.1, 0.15) is 16.7 Å². The first-order chi connectivity index (χ1) is 12.0. The van der Waals surface area contributed by atoms with Gasteiger partial charge in [0.25, 0.3) is 11.6 Å². The Morgan fingerprint density at radius 1 is 1.00 bits per heavy atom. The van der Waals surface area contributed by atoms with Gasteiger partial charge in [0.2, 0.25) is 0 Å². The Kier molecular flexibility index (Phi) is 3.24. The number of para-hydroxylation sites is 1. The fourth-order valence-corrected chi connectivity index (χ4v) is 2.87. The summed E-state index contributed by atoms with van der Waals surface area (Å²) >= 11 is 0. The topological polar surface area (TPSA) is 114 Å². The number of amides is 1. The zero-order valence-corrected chi connectivity index (χ0v) is 12.7. The number of rotatable bonds is 2. The van der Waals surface area contributed by atoms with E-state index in [2.05, 4.69) is 15.5 Å². The average Bonchev–Trinajstić information content (AvgIpc) is 3.08. The summed E-state index contributed by atoms with van der Waals surface area (Å²) in [5.74, 6) is -0.693. The van der Waals surface area contributed by atoms with Gasteiger partial charge in [-0.25, -0.2) is 0 Å². The number of hydrogen-bond donors (Lipinski definition) is 1. The molecule has 122 valence electrons. The van der Waals surface area contributed by atoms with Crippen molar-refractivity contribution in [3.8, 4) is 0 Å². The maximum atomic E-state index is 12.2. The molecular formula is C17H10N4O4. The molecule has 0 radical (unpaired) electrons. The van der Waals surface area contributed by atoms with Gasteiger partial charge >= 0.3 is 0 Å². The van der Waals surface area contributed by atoms with Gasteiger partial charge in [-0.05, 0) is 11.6 Å². The van der Waals surface area contributed by atoms with Crippen molar-refractivity contribution in [1.82, 2.24) is 0 Å². The molecule has 2 aromatic carbocycles. The van der Waals surface area contributed by atoms with Crippen LogP contribution in [-0.4, -0.2) is 28.0 Å². The number of nitrogens with zero attached hydrogens (tertiary/aromatic N) is 3. The van der Waals surface area contributed by atoms with Crippen LogP contribution >= 0.6 is 0 Å². The number of nitro groups is 1. The molecule has 4 rings (SSSR count). The fourth-order valence-electron chi connectivity index (χ4n) is 2.87. The maximum absolute atomic E-state index is 12.2. The van der Waals surface area contributed by atoms with Crippen molar-refractivity contribution in [1.29, 1.82) is 0 Å². The second kappa shape index (κ2) is 5.45. The second-order valence-electron chi connectivity index (χ2n) is 5.60. The van der Waals surface area contributed by atoms with Crippen molar-refractivity contribution < 1.29 is 14.5 Å². The molecule has 0 atom stereocenters. The summed E-state index contributed by atoms with van der Waals surface area (Å²) in [6.45, 7) is 0. The monoisotopic (exact) mass is 334 g/mol. The van der Waals surface area contributed by atoms with Crippen LogP contribution in [0, 0.1) is 10.1 Å². The molecule has 0 unspecified atom stereocenters. The Bertz CT molecular complexity index is 1020. The number of non-ortho nitro benzene ring substituents is 1. The molecule has 2 aliphatic rings. The minimum Gasteiger partial charge on any atom is -0.320 e. The summed E-state index contributed by atoms with van der Waals surface area (Å²) in [6.07, 6.45) is 0.111. The average molecular weight is 334 g/mol. The van der Waals surface area contributed by atoms with Crippen molar-refractivity contribution >= 4 is 34.5 Å². The van der Waals surface area contributed by atoms with Crippen molar-refractivity contribution in [3.63, 3.8) is 0 Å². The molecule has 25 heavy (non-hydrogen) atoms. The van der Waals surface area contributed by atoms with Crippen LogP contribution in [0.15, 0.2) is 52.7 Å². The normalized spacial score (nSPS) is 18.4. The van der Waals surface area contributed by atoms with Gasteiger partial charge in [0.1, 0.15) is 5.71 Å². The number of carbonyl (C=O) groups excluding carboxylic acids is 2. The van der Waals surface area contributed by atoms with E-state index < -0.39 is 10.8 Å². The summed E-state index contributed by atoms with van der Waals surface area (Å²) < 4.78 is 0. The predicted octanol–water partition coefficient (Wildman–Crippen LogP) is 1.87. The summed E-state index contributed by atoms with van der Waals surface area (Å²) in [5.41, 5.74) is 2.28. The molecule has 1 amide bonds. The quantitative estimate of drug-likeness (QED) is 0.667. The lowest BCUT2D eigenvalue weighted by Crippen LogP contribution is -2.15. The third-order valence-corrected chi connectivity index (χ3v) is 4.07. The molecule has 1 heterocycles. The van der Waals surface area contributed by atoms with E-state index in [1.54, 1.807) is 30.3 Å². The smallest absolute Gasteiger partial charge is 0.276 e. The van der Waals surface area contributed by atoms with Crippen molar-refractivity contribution in [3.05, 3.63) is 69.3 Å². The van der Waals surface area contributed by atoms with Crippen molar-refractivity contribution in [2.75, 3.05) is 5.32 Å².